The molecule has 16 heavy (non-hydrogen) atoms. The summed E-state index contributed by atoms with van der Waals surface area (Å²) in [5.74, 6) is -0.871. The molecular formula is C13H15FO2. The van der Waals surface area contributed by atoms with Gasteiger partial charge in [0.05, 0.1) is 5.56 Å². The van der Waals surface area contributed by atoms with Crippen LogP contribution in [0.5, 0.6) is 0 Å². The third-order valence-electron chi connectivity index (χ3n) is 1.85. The number of ether oxygens (including phenoxy) is 1. The van der Waals surface area contributed by atoms with Crippen molar-refractivity contribution in [3.63, 3.8) is 0 Å². The highest BCUT2D eigenvalue weighted by molar-refractivity contribution is 5.93. The van der Waals surface area contributed by atoms with Crippen LogP contribution in [0.1, 0.15) is 36.7 Å². The molecule has 0 atom stereocenters. The van der Waals surface area contributed by atoms with Crippen molar-refractivity contribution in [3.8, 4) is 0 Å². The summed E-state index contributed by atoms with van der Waals surface area (Å²) < 4.78 is 18.1. The first kappa shape index (κ1) is 12.4. The molecule has 0 bridgehead atoms. The van der Waals surface area contributed by atoms with Gasteiger partial charge in [-0.2, -0.15) is 0 Å². The van der Waals surface area contributed by atoms with Crippen LogP contribution in [0.25, 0.3) is 6.08 Å². The molecule has 0 spiro atoms. The number of hydrogen-bond donors (Lipinski definition) is 0. The quantitative estimate of drug-likeness (QED) is 0.716. The summed E-state index contributed by atoms with van der Waals surface area (Å²) in [7, 11) is 0. The molecule has 3 heteroatoms. The molecule has 0 fully saturated rings. The van der Waals surface area contributed by atoms with Crippen molar-refractivity contribution in [2.75, 3.05) is 0 Å². The summed E-state index contributed by atoms with van der Waals surface area (Å²) in [6, 6.07) is 3.89. The van der Waals surface area contributed by atoms with Gasteiger partial charge in [-0.15, -0.1) is 0 Å². The van der Waals surface area contributed by atoms with Gasteiger partial charge in [-0.05, 0) is 44.5 Å². The summed E-state index contributed by atoms with van der Waals surface area (Å²) in [5, 5.41) is 0. The average Bonchev–Trinajstić information content (AvgIpc) is 2.14. The number of carbonyl (C=O) groups excluding carboxylic acids is 1. The van der Waals surface area contributed by atoms with E-state index in [2.05, 4.69) is 6.58 Å². The molecule has 0 radical (unpaired) electrons. The lowest BCUT2D eigenvalue weighted by Gasteiger charge is -2.20. The molecule has 0 unspecified atom stereocenters. The Balaban J connectivity index is 3.04. The second-order valence-corrected chi connectivity index (χ2v) is 4.44. The Morgan fingerprint density at radius 1 is 1.44 bits per heavy atom. The van der Waals surface area contributed by atoms with Crippen molar-refractivity contribution in [3.05, 3.63) is 41.7 Å². The lowest BCUT2D eigenvalue weighted by Crippen LogP contribution is -2.24. The van der Waals surface area contributed by atoms with E-state index in [4.69, 9.17) is 4.74 Å². The molecule has 0 N–H and O–H groups in total. The van der Waals surface area contributed by atoms with Gasteiger partial charge in [0.1, 0.15) is 11.4 Å². The summed E-state index contributed by atoms with van der Waals surface area (Å²) in [6.07, 6.45) is 1.43. The predicted octanol–water partition coefficient (Wildman–Crippen LogP) is 3.42. The van der Waals surface area contributed by atoms with Crippen LogP contribution in [0, 0.1) is 5.82 Å². The molecule has 0 aliphatic rings. The van der Waals surface area contributed by atoms with Crippen LogP contribution in [-0.4, -0.2) is 11.6 Å². The van der Waals surface area contributed by atoms with Crippen LogP contribution in [0.2, 0.25) is 0 Å². The maximum Gasteiger partial charge on any atom is 0.339 e. The Labute approximate surface area is 94.7 Å². The van der Waals surface area contributed by atoms with E-state index in [0.29, 0.717) is 11.1 Å². The van der Waals surface area contributed by atoms with Crippen LogP contribution >= 0.6 is 0 Å². The minimum absolute atomic E-state index is 0.325. The van der Waals surface area contributed by atoms with Gasteiger partial charge in [0, 0.05) is 0 Å². The largest absolute Gasteiger partial charge is 0.456 e. The van der Waals surface area contributed by atoms with E-state index in [1.165, 1.54) is 24.3 Å². The molecule has 1 aromatic carbocycles. The average molecular weight is 222 g/mol. The van der Waals surface area contributed by atoms with Crippen LogP contribution in [0.3, 0.4) is 0 Å². The lowest BCUT2D eigenvalue weighted by molar-refractivity contribution is 0.00693. The Bertz CT molecular complexity index is 416. The minimum atomic E-state index is -0.566. The number of rotatable bonds is 2. The van der Waals surface area contributed by atoms with Gasteiger partial charge in [-0.1, -0.05) is 12.7 Å². The topological polar surface area (TPSA) is 26.3 Å². The van der Waals surface area contributed by atoms with Crippen LogP contribution < -0.4 is 0 Å². The second-order valence-electron chi connectivity index (χ2n) is 4.44. The normalized spacial score (nSPS) is 11.0. The molecule has 0 aromatic heterocycles. The van der Waals surface area contributed by atoms with E-state index in [1.54, 1.807) is 20.8 Å². The highest BCUT2D eigenvalue weighted by atomic mass is 19.1. The standard InChI is InChI=1S/C13H15FO2/c1-5-9-8-10(14)6-7-11(9)12(15)16-13(2,3)4/h5-8H,1H2,2-4H3. The summed E-state index contributed by atoms with van der Waals surface area (Å²) >= 11 is 0. The summed E-state index contributed by atoms with van der Waals surface area (Å²) in [5.41, 5.74) is 0.199. The van der Waals surface area contributed by atoms with Crippen molar-refractivity contribution in [2.24, 2.45) is 0 Å². The first-order chi connectivity index (χ1) is 7.33. The van der Waals surface area contributed by atoms with E-state index in [9.17, 15) is 9.18 Å². The lowest BCUT2D eigenvalue weighted by atomic mass is 10.1. The number of halogens is 1. The molecule has 0 amide bonds. The van der Waals surface area contributed by atoms with Crippen molar-refractivity contribution in [1.29, 1.82) is 0 Å². The molecule has 86 valence electrons. The Morgan fingerprint density at radius 2 is 2.06 bits per heavy atom. The third kappa shape index (κ3) is 3.19. The smallest absolute Gasteiger partial charge is 0.339 e. The number of benzene rings is 1. The Kier molecular flexibility index (Phi) is 3.48. The fraction of sp³-hybridized carbons (Fsp3) is 0.308. The second kappa shape index (κ2) is 4.47. The van der Waals surface area contributed by atoms with Crippen LogP contribution in [0.15, 0.2) is 24.8 Å². The summed E-state index contributed by atoms with van der Waals surface area (Å²) in [4.78, 5) is 11.8. The Hall–Kier alpha value is -1.64. The van der Waals surface area contributed by atoms with Gasteiger partial charge in [0.2, 0.25) is 0 Å². The van der Waals surface area contributed by atoms with E-state index >= 15 is 0 Å². The SMILES string of the molecule is C=Cc1cc(F)ccc1C(=O)OC(C)(C)C. The fourth-order valence-corrected chi connectivity index (χ4v) is 1.22. The van der Waals surface area contributed by atoms with Gasteiger partial charge in [0.15, 0.2) is 0 Å². The molecule has 1 aromatic rings. The first-order valence-corrected chi connectivity index (χ1v) is 4.99. The highest BCUT2D eigenvalue weighted by Crippen LogP contribution is 2.17. The van der Waals surface area contributed by atoms with Crippen LogP contribution in [-0.2, 0) is 4.74 Å². The first-order valence-electron chi connectivity index (χ1n) is 4.99. The third-order valence-corrected chi connectivity index (χ3v) is 1.85. The molecular weight excluding hydrogens is 207 g/mol. The van der Waals surface area contributed by atoms with Gasteiger partial charge < -0.3 is 4.74 Å². The molecule has 2 nitrogen and oxygen atoms in total. The van der Waals surface area contributed by atoms with Crippen molar-refractivity contribution in [2.45, 2.75) is 26.4 Å². The zero-order valence-corrected chi connectivity index (χ0v) is 9.71. The molecule has 0 aliphatic heterocycles. The number of esters is 1. The molecule has 0 saturated carbocycles. The maximum absolute atomic E-state index is 12.9. The van der Waals surface area contributed by atoms with Crippen molar-refractivity contribution >= 4 is 12.0 Å². The van der Waals surface area contributed by atoms with Gasteiger partial charge in [0.25, 0.3) is 0 Å². The van der Waals surface area contributed by atoms with Crippen molar-refractivity contribution in [1.82, 2.24) is 0 Å². The van der Waals surface area contributed by atoms with E-state index < -0.39 is 17.4 Å². The Morgan fingerprint density at radius 3 is 2.56 bits per heavy atom. The highest BCUT2D eigenvalue weighted by Gasteiger charge is 2.19. The van der Waals surface area contributed by atoms with Gasteiger partial charge in [-0.3, -0.25) is 0 Å². The zero-order valence-electron chi connectivity index (χ0n) is 9.71. The number of carbonyl (C=O) groups is 1. The predicted molar refractivity (Wildman–Crippen MR) is 61.7 cm³/mol. The van der Waals surface area contributed by atoms with E-state index in [0.717, 1.165) is 0 Å². The van der Waals surface area contributed by atoms with Gasteiger partial charge >= 0.3 is 5.97 Å². The molecule has 0 saturated heterocycles. The van der Waals surface area contributed by atoms with Crippen molar-refractivity contribution < 1.29 is 13.9 Å². The summed E-state index contributed by atoms with van der Waals surface area (Å²) in [6.45, 7) is 8.88. The van der Waals surface area contributed by atoms with Gasteiger partial charge in [-0.25, -0.2) is 9.18 Å². The van der Waals surface area contributed by atoms with E-state index in [1.807, 2.05) is 0 Å². The number of hydrogen-bond acceptors (Lipinski definition) is 2. The zero-order chi connectivity index (χ0) is 12.3. The van der Waals surface area contributed by atoms with Crippen LogP contribution in [0.4, 0.5) is 4.39 Å². The monoisotopic (exact) mass is 222 g/mol. The maximum atomic E-state index is 12.9. The minimum Gasteiger partial charge on any atom is -0.456 e. The molecule has 0 aliphatic carbocycles. The fourth-order valence-electron chi connectivity index (χ4n) is 1.22. The molecule has 1 rings (SSSR count). The van der Waals surface area contributed by atoms with E-state index in [-0.39, 0.29) is 0 Å². The molecule has 0 heterocycles.